The highest BCUT2D eigenvalue weighted by Gasteiger charge is 2.22. The lowest BCUT2D eigenvalue weighted by Gasteiger charge is -2.36. The first-order valence-corrected chi connectivity index (χ1v) is 12.1. The average Bonchev–Trinajstić information content (AvgIpc) is 3.38. The number of furan rings is 1. The number of benzene rings is 4. The topological polar surface area (TPSA) is 65.8 Å². The van der Waals surface area contributed by atoms with Crippen molar-refractivity contribution in [2.24, 2.45) is 0 Å². The van der Waals surface area contributed by atoms with E-state index in [-0.39, 0.29) is 17.6 Å². The number of fused-ring (bicyclic) bond motifs is 2. The number of hydrogen-bond acceptors (Lipinski definition) is 4. The molecule has 6 heteroatoms. The van der Waals surface area contributed by atoms with Crippen molar-refractivity contribution >= 4 is 44.9 Å². The van der Waals surface area contributed by atoms with Crippen molar-refractivity contribution in [3.63, 3.8) is 0 Å². The van der Waals surface area contributed by atoms with Crippen LogP contribution in [0.3, 0.4) is 0 Å². The Morgan fingerprint density at radius 2 is 1.39 bits per heavy atom. The van der Waals surface area contributed by atoms with E-state index in [1.807, 2.05) is 89.8 Å². The number of para-hydroxylation sites is 1. The van der Waals surface area contributed by atoms with Gasteiger partial charge in [0.05, 0.1) is 0 Å². The quantitative estimate of drug-likeness (QED) is 0.357. The van der Waals surface area contributed by atoms with Gasteiger partial charge in [0.1, 0.15) is 5.58 Å². The van der Waals surface area contributed by atoms with E-state index in [0.717, 1.165) is 40.5 Å². The predicted molar refractivity (Wildman–Crippen MR) is 143 cm³/mol. The van der Waals surface area contributed by atoms with Crippen LogP contribution in [0.2, 0.25) is 0 Å². The van der Waals surface area contributed by atoms with E-state index in [0.29, 0.717) is 24.4 Å². The zero-order valence-corrected chi connectivity index (χ0v) is 19.7. The molecule has 2 amide bonds. The summed E-state index contributed by atoms with van der Waals surface area (Å²) in [4.78, 5) is 29.9. The molecule has 0 bridgehead atoms. The summed E-state index contributed by atoms with van der Waals surface area (Å²) in [7, 11) is 0. The smallest absolute Gasteiger partial charge is 0.291 e. The largest absolute Gasteiger partial charge is 0.451 e. The van der Waals surface area contributed by atoms with Crippen molar-refractivity contribution in [2.45, 2.75) is 0 Å². The fraction of sp³-hybridized carbons (Fsp3) is 0.133. The Morgan fingerprint density at radius 3 is 2.14 bits per heavy atom. The van der Waals surface area contributed by atoms with Crippen molar-refractivity contribution in [1.29, 1.82) is 0 Å². The normalized spacial score (nSPS) is 13.8. The molecule has 0 spiro atoms. The van der Waals surface area contributed by atoms with Crippen LogP contribution in [0.1, 0.15) is 20.9 Å². The number of anilines is 2. The second-order valence-corrected chi connectivity index (χ2v) is 8.99. The molecule has 36 heavy (non-hydrogen) atoms. The third kappa shape index (κ3) is 4.29. The van der Waals surface area contributed by atoms with E-state index in [1.54, 1.807) is 6.07 Å². The maximum Gasteiger partial charge on any atom is 0.291 e. The highest BCUT2D eigenvalue weighted by molar-refractivity contribution is 6.04. The molecule has 0 unspecified atom stereocenters. The van der Waals surface area contributed by atoms with Gasteiger partial charge in [-0.3, -0.25) is 9.59 Å². The van der Waals surface area contributed by atoms with Gasteiger partial charge in [-0.2, -0.15) is 0 Å². The van der Waals surface area contributed by atoms with Crippen LogP contribution >= 0.6 is 0 Å². The van der Waals surface area contributed by atoms with Crippen LogP contribution in [-0.2, 0) is 0 Å². The van der Waals surface area contributed by atoms with E-state index in [4.69, 9.17) is 4.42 Å². The van der Waals surface area contributed by atoms with Crippen LogP contribution in [0, 0.1) is 0 Å². The van der Waals surface area contributed by atoms with E-state index < -0.39 is 0 Å². The monoisotopic (exact) mass is 475 g/mol. The molecule has 2 heterocycles. The molecular formula is C30H25N3O3. The number of carbonyl (C=O) groups excluding carboxylic acids is 2. The van der Waals surface area contributed by atoms with Gasteiger partial charge in [-0.25, -0.2) is 0 Å². The Bertz CT molecular complexity index is 1530. The van der Waals surface area contributed by atoms with Crippen molar-refractivity contribution in [3.8, 4) is 0 Å². The molecule has 1 aliphatic heterocycles. The number of carbonyl (C=O) groups is 2. The molecule has 178 valence electrons. The molecule has 1 aromatic heterocycles. The van der Waals surface area contributed by atoms with Gasteiger partial charge >= 0.3 is 0 Å². The lowest BCUT2D eigenvalue weighted by molar-refractivity contribution is 0.0746. The fourth-order valence-electron chi connectivity index (χ4n) is 4.71. The Morgan fingerprint density at radius 1 is 0.694 bits per heavy atom. The van der Waals surface area contributed by atoms with E-state index >= 15 is 0 Å². The van der Waals surface area contributed by atoms with Crippen LogP contribution < -0.4 is 10.2 Å². The number of hydrogen-bond donors (Lipinski definition) is 1. The maximum absolute atomic E-state index is 13.1. The van der Waals surface area contributed by atoms with Crippen LogP contribution in [0.15, 0.2) is 101 Å². The molecule has 0 saturated carbocycles. The molecule has 6 nitrogen and oxygen atoms in total. The highest BCUT2D eigenvalue weighted by atomic mass is 16.3. The molecule has 0 radical (unpaired) electrons. The summed E-state index contributed by atoms with van der Waals surface area (Å²) >= 11 is 0. The van der Waals surface area contributed by atoms with E-state index in [2.05, 4.69) is 16.3 Å². The van der Waals surface area contributed by atoms with Gasteiger partial charge in [-0.05, 0) is 59.3 Å². The molecule has 1 N–H and O–H groups in total. The summed E-state index contributed by atoms with van der Waals surface area (Å²) in [6, 6.07) is 31.1. The van der Waals surface area contributed by atoms with Gasteiger partial charge in [-0.1, -0.05) is 48.5 Å². The molecule has 1 saturated heterocycles. The molecule has 1 aliphatic rings. The Labute approximate surface area is 208 Å². The van der Waals surface area contributed by atoms with Crippen LogP contribution in [-0.4, -0.2) is 42.9 Å². The Balaban J connectivity index is 1.07. The zero-order chi connectivity index (χ0) is 24.5. The summed E-state index contributed by atoms with van der Waals surface area (Å²) in [6.07, 6.45) is 0. The predicted octanol–water partition coefficient (Wildman–Crippen LogP) is 5.80. The SMILES string of the molecule is O=C(Nc1ccc(N2CCN(C(=O)c3ccc4ccccc4c3)CC2)cc1)c1cc2ccccc2o1. The Kier molecular flexibility index (Phi) is 5.62. The first kappa shape index (κ1) is 21.9. The van der Waals surface area contributed by atoms with Crippen LogP contribution in [0.5, 0.6) is 0 Å². The van der Waals surface area contributed by atoms with E-state index in [1.165, 1.54) is 0 Å². The summed E-state index contributed by atoms with van der Waals surface area (Å²) in [5.74, 6) is 0.0799. The maximum atomic E-state index is 13.1. The third-order valence-corrected chi connectivity index (χ3v) is 6.70. The molecule has 4 aromatic carbocycles. The van der Waals surface area contributed by atoms with Crippen molar-refractivity contribution in [1.82, 2.24) is 4.90 Å². The lowest BCUT2D eigenvalue weighted by Crippen LogP contribution is -2.48. The summed E-state index contributed by atoms with van der Waals surface area (Å²) in [6.45, 7) is 2.83. The van der Waals surface area contributed by atoms with Gasteiger partial charge < -0.3 is 19.5 Å². The molecule has 6 rings (SSSR count). The first-order chi connectivity index (χ1) is 17.6. The van der Waals surface area contributed by atoms with E-state index in [9.17, 15) is 9.59 Å². The third-order valence-electron chi connectivity index (χ3n) is 6.70. The highest BCUT2D eigenvalue weighted by Crippen LogP contribution is 2.23. The fourth-order valence-corrected chi connectivity index (χ4v) is 4.71. The van der Waals surface area contributed by atoms with Gasteiger partial charge in [0.25, 0.3) is 11.8 Å². The summed E-state index contributed by atoms with van der Waals surface area (Å²) < 4.78 is 5.65. The number of nitrogens with zero attached hydrogens (tertiary/aromatic N) is 2. The standard InChI is InChI=1S/C30H25N3O3/c34-29(28-20-23-7-3-4-8-27(23)36-28)31-25-11-13-26(14-12-25)32-15-17-33(18-16-32)30(35)24-10-9-21-5-1-2-6-22(21)19-24/h1-14,19-20H,15-18H2,(H,31,34). The van der Waals surface area contributed by atoms with Crippen molar-refractivity contribution in [3.05, 3.63) is 108 Å². The van der Waals surface area contributed by atoms with Gasteiger partial charge in [0, 0.05) is 48.5 Å². The molecule has 5 aromatic rings. The minimum Gasteiger partial charge on any atom is -0.451 e. The van der Waals surface area contributed by atoms with Gasteiger partial charge in [0.15, 0.2) is 5.76 Å². The number of piperazine rings is 1. The summed E-state index contributed by atoms with van der Waals surface area (Å²) in [5, 5.41) is 6.01. The molecular weight excluding hydrogens is 450 g/mol. The minimum absolute atomic E-state index is 0.0732. The van der Waals surface area contributed by atoms with Crippen molar-refractivity contribution in [2.75, 3.05) is 36.4 Å². The first-order valence-electron chi connectivity index (χ1n) is 12.1. The van der Waals surface area contributed by atoms with Crippen LogP contribution in [0.4, 0.5) is 11.4 Å². The Hall–Kier alpha value is -4.58. The lowest BCUT2D eigenvalue weighted by atomic mass is 10.1. The molecule has 0 atom stereocenters. The molecule has 0 aliphatic carbocycles. The molecule has 1 fully saturated rings. The number of nitrogens with one attached hydrogen (secondary N) is 1. The van der Waals surface area contributed by atoms with Gasteiger partial charge in [0.2, 0.25) is 0 Å². The van der Waals surface area contributed by atoms with Crippen molar-refractivity contribution < 1.29 is 14.0 Å². The minimum atomic E-state index is -0.278. The second-order valence-electron chi connectivity index (χ2n) is 8.99. The zero-order valence-electron chi connectivity index (χ0n) is 19.7. The van der Waals surface area contributed by atoms with Crippen LogP contribution in [0.25, 0.3) is 21.7 Å². The van der Waals surface area contributed by atoms with Gasteiger partial charge in [-0.15, -0.1) is 0 Å². The second kappa shape index (κ2) is 9.23. The summed E-state index contributed by atoms with van der Waals surface area (Å²) in [5.41, 5.74) is 3.19. The number of rotatable bonds is 4. The average molecular weight is 476 g/mol. The number of amides is 2.